The quantitative estimate of drug-likeness (QED) is 0.551. The van der Waals surface area contributed by atoms with E-state index in [9.17, 15) is 5.11 Å². The van der Waals surface area contributed by atoms with Crippen LogP contribution in [0, 0.1) is 5.92 Å². The third-order valence-electron chi connectivity index (χ3n) is 4.49. The van der Waals surface area contributed by atoms with Crippen molar-refractivity contribution < 1.29 is 19.3 Å². The summed E-state index contributed by atoms with van der Waals surface area (Å²) in [5.41, 5.74) is 0. The van der Waals surface area contributed by atoms with Crippen molar-refractivity contribution in [2.75, 3.05) is 19.8 Å². The van der Waals surface area contributed by atoms with Crippen LogP contribution in [0.25, 0.3) is 0 Å². The molecule has 2 rings (SSSR count). The third kappa shape index (κ3) is 6.37. The van der Waals surface area contributed by atoms with E-state index in [1.807, 2.05) is 0 Å². The Labute approximate surface area is 134 Å². The Morgan fingerprint density at radius 3 is 2.86 bits per heavy atom. The molecule has 2 heterocycles. The Morgan fingerprint density at radius 1 is 1.23 bits per heavy atom. The number of ether oxygens (including phenoxy) is 3. The topological polar surface area (TPSA) is 47.9 Å². The molecule has 0 aromatic carbocycles. The molecule has 22 heavy (non-hydrogen) atoms. The van der Waals surface area contributed by atoms with Gasteiger partial charge in [0.05, 0.1) is 18.8 Å². The highest BCUT2D eigenvalue weighted by Crippen LogP contribution is 2.21. The molecule has 4 heteroatoms. The van der Waals surface area contributed by atoms with Crippen molar-refractivity contribution >= 4 is 0 Å². The van der Waals surface area contributed by atoms with Gasteiger partial charge in [0, 0.05) is 19.1 Å². The van der Waals surface area contributed by atoms with Crippen LogP contribution in [0.3, 0.4) is 0 Å². The van der Waals surface area contributed by atoms with Gasteiger partial charge in [-0.1, -0.05) is 38.3 Å². The monoisotopic (exact) mass is 312 g/mol. The zero-order valence-electron chi connectivity index (χ0n) is 13.9. The summed E-state index contributed by atoms with van der Waals surface area (Å²) >= 11 is 0. The van der Waals surface area contributed by atoms with Crippen LogP contribution in [-0.4, -0.2) is 43.4 Å². The number of hydrogen-bond donors (Lipinski definition) is 1. The third-order valence-corrected chi connectivity index (χ3v) is 4.49. The van der Waals surface area contributed by atoms with Crippen molar-refractivity contribution in [3.8, 4) is 0 Å². The van der Waals surface area contributed by atoms with Gasteiger partial charge in [-0.3, -0.25) is 0 Å². The fourth-order valence-corrected chi connectivity index (χ4v) is 3.02. The maximum Gasteiger partial charge on any atom is 0.158 e. The van der Waals surface area contributed by atoms with Gasteiger partial charge in [0.1, 0.15) is 0 Å². The lowest BCUT2D eigenvalue weighted by molar-refractivity contribution is -0.179. The van der Waals surface area contributed by atoms with E-state index >= 15 is 0 Å². The van der Waals surface area contributed by atoms with Gasteiger partial charge >= 0.3 is 0 Å². The van der Waals surface area contributed by atoms with Crippen molar-refractivity contribution in [1.82, 2.24) is 0 Å². The van der Waals surface area contributed by atoms with Gasteiger partial charge in [0.25, 0.3) is 0 Å². The molecule has 128 valence electrons. The van der Waals surface area contributed by atoms with E-state index in [4.69, 9.17) is 14.2 Å². The summed E-state index contributed by atoms with van der Waals surface area (Å²) in [5.74, 6) is 0.0956. The molecular weight excluding hydrogens is 280 g/mol. The smallest absolute Gasteiger partial charge is 0.158 e. The number of unbranched alkanes of at least 4 members (excludes halogenated alkanes) is 2. The van der Waals surface area contributed by atoms with Crippen molar-refractivity contribution in [3.63, 3.8) is 0 Å². The van der Waals surface area contributed by atoms with Crippen LogP contribution in [0.2, 0.25) is 0 Å². The molecule has 4 atom stereocenters. The summed E-state index contributed by atoms with van der Waals surface area (Å²) in [6.45, 7) is 4.30. The molecule has 2 fully saturated rings. The van der Waals surface area contributed by atoms with Gasteiger partial charge in [-0.15, -0.1) is 0 Å². The van der Waals surface area contributed by atoms with Crippen molar-refractivity contribution in [2.24, 2.45) is 5.92 Å². The van der Waals surface area contributed by atoms with Crippen LogP contribution < -0.4 is 0 Å². The average Bonchev–Trinajstić information content (AvgIpc) is 2.55. The maximum atomic E-state index is 10.0. The van der Waals surface area contributed by atoms with Gasteiger partial charge < -0.3 is 19.3 Å². The molecule has 0 aromatic rings. The number of aliphatic hydroxyl groups excluding tert-OH is 1. The van der Waals surface area contributed by atoms with Crippen molar-refractivity contribution in [3.05, 3.63) is 12.2 Å². The Balaban J connectivity index is 1.84. The van der Waals surface area contributed by atoms with E-state index < -0.39 is 0 Å². The van der Waals surface area contributed by atoms with Crippen LogP contribution in [-0.2, 0) is 14.2 Å². The summed E-state index contributed by atoms with van der Waals surface area (Å²) in [6.07, 6.45) is 12.6. The summed E-state index contributed by atoms with van der Waals surface area (Å²) in [4.78, 5) is 0. The molecule has 1 N–H and O–H groups in total. The fourth-order valence-electron chi connectivity index (χ4n) is 3.02. The van der Waals surface area contributed by atoms with Gasteiger partial charge in [0.2, 0.25) is 0 Å². The molecule has 0 aromatic heterocycles. The molecule has 0 spiro atoms. The molecule has 0 bridgehead atoms. The first-order valence-corrected chi connectivity index (χ1v) is 9.00. The minimum atomic E-state index is -0.285. The lowest BCUT2D eigenvalue weighted by atomic mass is 9.97. The first kappa shape index (κ1) is 17.9. The second-order valence-corrected chi connectivity index (χ2v) is 6.45. The van der Waals surface area contributed by atoms with Crippen molar-refractivity contribution in [2.45, 2.75) is 76.8 Å². The molecule has 0 aliphatic carbocycles. The summed E-state index contributed by atoms with van der Waals surface area (Å²) < 4.78 is 17.3. The zero-order chi connectivity index (χ0) is 15.6. The fraction of sp³-hybridized carbons (Fsp3) is 0.889. The van der Waals surface area contributed by atoms with Gasteiger partial charge in [-0.05, 0) is 32.1 Å². The second-order valence-electron chi connectivity index (χ2n) is 6.45. The number of aliphatic hydroxyl groups is 1. The Kier molecular flexibility index (Phi) is 8.45. The zero-order valence-corrected chi connectivity index (χ0v) is 13.9. The minimum absolute atomic E-state index is 0.0578. The molecule has 0 saturated carbocycles. The molecule has 0 radical (unpaired) electrons. The maximum absolute atomic E-state index is 10.0. The Hall–Kier alpha value is -0.420. The number of rotatable bonds is 8. The van der Waals surface area contributed by atoms with Gasteiger partial charge in [-0.25, -0.2) is 0 Å². The van der Waals surface area contributed by atoms with E-state index in [2.05, 4.69) is 19.1 Å². The summed E-state index contributed by atoms with van der Waals surface area (Å²) in [5, 5.41) is 10.0. The normalized spacial score (nSPS) is 31.5. The highest BCUT2D eigenvalue weighted by Gasteiger charge is 2.22. The predicted octanol–water partition coefficient (Wildman–Crippen LogP) is 3.43. The molecule has 2 saturated heterocycles. The Bertz CT molecular complexity index is 312. The first-order chi connectivity index (χ1) is 10.8. The van der Waals surface area contributed by atoms with Crippen LogP contribution in [0.15, 0.2) is 12.2 Å². The first-order valence-electron chi connectivity index (χ1n) is 9.00. The molecule has 0 amide bonds. The van der Waals surface area contributed by atoms with Crippen LogP contribution in [0.1, 0.15) is 58.3 Å². The molecule has 1 unspecified atom stereocenters. The SMILES string of the molecule is CCCCC[C@@H](C=C[C@@H]1COCC[C@H]1O)OC1CCCCO1. The van der Waals surface area contributed by atoms with E-state index in [0.717, 1.165) is 32.3 Å². The highest BCUT2D eigenvalue weighted by atomic mass is 16.7. The molecule has 2 aliphatic rings. The predicted molar refractivity (Wildman–Crippen MR) is 86.7 cm³/mol. The summed E-state index contributed by atoms with van der Waals surface area (Å²) in [6, 6.07) is 0. The van der Waals surface area contributed by atoms with E-state index in [1.54, 1.807) is 0 Å². The van der Waals surface area contributed by atoms with Gasteiger partial charge in [-0.2, -0.15) is 0 Å². The van der Waals surface area contributed by atoms with Crippen molar-refractivity contribution in [1.29, 1.82) is 0 Å². The molecular formula is C18H32O4. The lowest BCUT2D eigenvalue weighted by Gasteiger charge is -2.28. The molecule has 4 nitrogen and oxygen atoms in total. The van der Waals surface area contributed by atoms with E-state index in [0.29, 0.717) is 13.2 Å². The highest BCUT2D eigenvalue weighted by molar-refractivity contribution is 4.97. The minimum Gasteiger partial charge on any atom is -0.392 e. The lowest BCUT2D eigenvalue weighted by Crippen LogP contribution is -2.31. The average molecular weight is 312 g/mol. The van der Waals surface area contributed by atoms with Crippen LogP contribution in [0.5, 0.6) is 0 Å². The second kappa shape index (κ2) is 10.4. The van der Waals surface area contributed by atoms with Crippen LogP contribution >= 0.6 is 0 Å². The van der Waals surface area contributed by atoms with E-state index in [1.165, 1.54) is 25.7 Å². The van der Waals surface area contributed by atoms with Crippen LogP contribution in [0.4, 0.5) is 0 Å². The number of hydrogen-bond acceptors (Lipinski definition) is 4. The van der Waals surface area contributed by atoms with E-state index in [-0.39, 0.29) is 24.4 Å². The Morgan fingerprint density at radius 2 is 2.14 bits per heavy atom. The van der Waals surface area contributed by atoms with Gasteiger partial charge in [0.15, 0.2) is 6.29 Å². The summed E-state index contributed by atoms with van der Waals surface area (Å²) in [7, 11) is 0. The largest absolute Gasteiger partial charge is 0.392 e. The standard InChI is InChI=1S/C18H32O4/c1-2-3-4-7-16(22-18-8-5-6-12-21-18)10-9-15-14-20-13-11-17(15)19/h9-10,15-19H,2-8,11-14H2,1H3/t15-,16+,17-,18?/m1/s1. The molecule has 2 aliphatic heterocycles.